The van der Waals surface area contributed by atoms with E-state index in [1.807, 2.05) is 30.5 Å². The summed E-state index contributed by atoms with van der Waals surface area (Å²) in [6.45, 7) is 4.50. The Morgan fingerprint density at radius 1 is 1.45 bits per heavy atom. The van der Waals surface area contributed by atoms with Gasteiger partial charge in [-0.25, -0.2) is 4.98 Å². The molecule has 2 rings (SSSR count). The van der Waals surface area contributed by atoms with Crippen LogP contribution in [-0.4, -0.2) is 11.0 Å². The topological polar surface area (TPSA) is 48.1 Å². The summed E-state index contributed by atoms with van der Waals surface area (Å²) in [5.41, 5.74) is 7.85. The van der Waals surface area contributed by atoms with Gasteiger partial charge in [-0.3, -0.25) is 0 Å². The van der Waals surface area contributed by atoms with Crippen molar-refractivity contribution in [3.8, 4) is 5.75 Å². The average molecular weight is 311 g/mol. The highest BCUT2D eigenvalue weighted by Crippen LogP contribution is 2.30. The van der Waals surface area contributed by atoms with Gasteiger partial charge in [0.2, 0.25) is 0 Å². The zero-order valence-electron chi connectivity index (χ0n) is 11.7. The fourth-order valence-corrected chi connectivity index (χ4v) is 2.92. The first-order chi connectivity index (χ1) is 9.60. The van der Waals surface area contributed by atoms with Gasteiger partial charge in [0.1, 0.15) is 12.4 Å². The minimum absolute atomic E-state index is 0.0711. The van der Waals surface area contributed by atoms with Gasteiger partial charge >= 0.3 is 0 Å². The highest BCUT2D eigenvalue weighted by molar-refractivity contribution is 7.09. The van der Waals surface area contributed by atoms with Crippen LogP contribution in [0.15, 0.2) is 23.6 Å². The minimum Gasteiger partial charge on any atom is -0.485 e. The van der Waals surface area contributed by atoms with Crippen molar-refractivity contribution in [1.82, 2.24) is 4.98 Å². The molecule has 1 heterocycles. The molecule has 3 nitrogen and oxygen atoms in total. The van der Waals surface area contributed by atoms with E-state index in [1.54, 1.807) is 11.3 Å². The predicted molar refractivity (Wildman–Crippen MR) is 84.6 cm³/mol. The summed E-state index contributed by atoms with van der Waals surface area (Å²) in [5, 5.41) is 3.77. The van der Waals surface area contributed by atoms with Crippen LogP contribution in [0.25, 0.3) is 0 Å². The largest absolute Gasteiger partial charge is 0.485 e. The van der Waals surface area contributed by atoms with Crippen LogP contribution < -0.4 is 10.5 Å². The Hall–Kier alpha value is -1.10. The highest BCUT2D eigenvalue weighted by Gasteiger charge is 2.11. The Morgan fingerprint density at radius 2 is 2.25 bits per heavy atom. The molecule has 108 valence electrons. The molecule has 1 atom stereocenters. The van der Waals surface area contributed by atoms with Gasteiger partial charge in [0, 0.05) is 11.4 Å². The Morgan fingerprint density at radius 3 is 2.90 bits per heavy atom. The smallest absolute Gasteiger partial charge is 0.141 e. The zero-order valence-corrected chi connectivity index (χ0v) is 13.3. The maximum Gasteiger partial charge on any atom is 0.141 e. The molecule has 0 bridgehead atoms. The Bertz CT molecular complexity index is 569. The summed E-state index contributed by atoms with van der Waals surface area (Å²) < 4.78 is 5.87. The average Bonchev–Trinajstić information content (AvgIpc) is 2.85. The van der Waals surface area contributed by atoms with E-state index in [9.17, 15) is 0 Å². The Kier molecular flexibility index (Phi) is 5.40. The summed E-state index contributed by atoms with van der Waals surface area (Å²) in [4.78, 5) is 4.49. The molecule has 0 aliphatic carbocycles. The van der Waals surface area contributed by atoms with Crippen LogP contribution in [0.1, 0.15) is 30.1 Å². The molecule has 0 saturated heterocycles. The van der Waals surface area contributed by atoms with E-state index in [2.05, 4.69) is 11.9 Å². The van der Waals surface area contributed by atoms with Gasteiger partial charge in [0.15, 0.2) is 0 Å². The van der Waals surface area contributed by atoms with Gasteiger partial charge in [0.05, 0.1) is 15.7 Å². The normalized spacial score (nSPS) is 12.4. The third-order valence-electron chi connectivity index (χ3n) is 2.86. The van der Waals surface area contributed by atoms with Gasteiger partial charge in [-0.2, -0.15) is 0 Å². The van der Waals surface area contributed by atoms with Gasteiger partial charge in [-0.1, -0.05) is 30.7 Å². The quantitative estimate of drug-likeness (QED) is 0.882. The van der Waals surface area contributed by atoms with Crippen LogP contribution in [0.3, 0.4) is 0 Å². The van der Waals surface area contributed by atoms with E-state index in [4.69, 9.17) is 22.1 Å². The summed E-state index contributed by atoms with van der Waals surface area (Å²) in [7, 11) is 0. The van der Waals surface area contributed by atoms with Crippen LogP contribution in [0.5, 0.6) is 5.75 Å². The number of benzene rings is 1. The molecule has 0 radical (unpaired) electrons. The lowest BCUT2D eigenvalue weighted by atomic mass is 10.1. The number of hydrogen-bond acceptors (Lipinski definition) is 4. The van der Waals surface area contributed by atoms with E-state index in [0.717, 1.165) is 34.9 Å². The fourth-order valence-electron chi connectivity index (χ4n) is 1.95. The second-order valence-electron chi connectivity index (χ2n) is 4.78. The highest BCUT2D eigenvalue weighted by atomic mass is 35.5. The molecule has 2 N–H and O–H groups in total. The summed E-state index contributed by atoms with van der Waals surface area (Å²) in [6.07, 6.45) is 1.69. The van der Waals surface area contributed by atoms with Crippen molar-refractivity contribution < 1.29 is 4.74 Å². The molecule has 0 fully saturated rings. The number of nitrogens with zero attached hydrogens (tertiary/aromatic N) is 1. The predicted octanol–water partition coefficient (Wildman–Crippen LogP) is 3.83. The lowest BCUT2D eigenvalue weighted by molar-refractivity contribution is 0.298. The fraction of sp³-hybridized carbons (Fsp3) is 0.400. The van der Waals surface area contributed by atoms with Crippen LogP contribution in [-0.2, 0) is 19.4 Å². The first kappa shape index (κ1) is 15.3. The first-order valence-corrected chi connectivity index (χ1v) is 7.95. The second kappa shape index (κ2) is 7.07. The number of rotatable bonds is 6. The summed E-state index contributed by atoms with van der Waals surface area (Å²) in [5.74, 6) is 0.720. The molecule has 0 aliphatic rings. The number of nitrogens with two attached hydrogens (primary N) is 1. The number of ether oxygens (including phenoxy) is 1. The molecule has 1 aromatic heterocycles. The molecule has 1 aromatic carbocycles. The van der Waals surface area contributed by atoms with Crippen molar-refractivity contribution in [2.45, 2.75) is 39.3 Å². The number of hydrogen-bond donors (Lipinski definition) is 1. The molecule has 0 spiro atoms. The van der Waals surface area contributed by atoms with E-state index >= 15 is 0 Å². The van der Waals surface area contributed by atoms with Crippen molar-refractivity contribution in [1.29, 1.82) is 0 Å². The van der Waals surface area contributed by atoms with E-state index in [1.165, 1.54) is 0 Å². The maximum atomic E-state index is 6.23. The van der Waals surface area contributed by atoms with Crippen molar-refractivity contribution in [2.24, 2.45) is 5.73 Å². The molecular formula is C15H19ClN2OS. The van der Waals surface area contributed by atoms with E-state index in [0.29, 0.717) is 11.6 Å². The van der Waals surface area contributed by atoms with E-state index < -0.39 is 0 Å². The molecular weight excluding hydrogens is 292 g/mol. The maximum absolute atomic E-state index is 6.23. The van der Waals surface area contributed by atoms with Gasteiger partial charge in [0.25, 0.3) is 0 Å². The van der Waals surface area contributed by atoms with Gasteiger partial charge < -0.3 is 10.5 Å². The van der Waals surface area contributed by atoms with Crippen LogP contribution in [0.2, 0.25) is 5.02 Å². The molecule has 1 unspecified atom stereocenters. The molecule has 0 aliphatic heterocycles. The lowest BCUT2D eigenvalue weighted by Crippen LogP contribution is -2.18. The van der Waals surface area contributed by atoms with Gasteiger partial charge in [-0.05, 0) is 31.4 Å². The molecule has 0 amide bonds. The Balaban J connectivity index is 2.11. The monoisotopic (exact) mass is 310 g/mol. The third-order valence-corrected chi connectivity index (χ3v) is 4.20. The van der Waals surface area contributed by atoms with Crippen LogP contribution in [0, 0.1) is 0 Å². The standard InChI is InChI=1S/C15H19ClN2OS/c1-3-14-18-12(9-20-14)8-19-15-11(7-10(2)17)5-4-6-13(15)16/h4-6,9-10H,3,7-8,17H2,1-2H3. The molecule has 0 saturated carbocycles. The number of aromatic nitrogens is 1. The molecule has 2 aromatic rings. The van der Waals surface area contributed by atoms with Crippen molar-refractivity contribution >= 4 is 22.9 Å². The van der Waals surface area contributed by atoms with Crippen molar-refractivity contribution in [2.75, 3.05) is 0 Å². The van der Waals surface area contributed by atoms with Crippen molar-refractivity contribution in [3.63, 3.8) is 0 Å². The van der Waals surface area contributed by atoms with Gasteiger partial charge in [-0.15, -0.1) is 11.3 Å². The Labute approximate surface area is 128 Å². The lowest BCUT2D eigenvalue weighted by Gasteiger charge is -2.14. The van der Waals surface area contributed by atoms with Crippen LogP contribution in [0.4, 0.5) is 0 Å². The van der Waals surface area contributed by atoms with Crippen LogP contribution >= 0.6 is 22.9 Å². The number of aryl methyl sites for hydroxylation is 1. The molecule has 5 heteroatoms. The minimum atomic E-state index is 0.0711. The van der Waals surface area contributed by atoms with Crippen molar-refractivity contribution in [3.05, 3.63) is 44.9 Å². The second-order valence-corrected chi connectivity index (χ2v) is 6.13. The summed E-state index contributed by atoms with van der Waals surface area (Å²) >= 11 is 7.89. The number of halogens is 1. The van der Waals surface area contributed by atoms with E-state index in [-0.39, 0.29) is 6.04 Å². The number of thiazole rings is 1. The zero-order chi connectivity index (χ0) is 14.5. The molecule has 20 heavy (non-hydrogen) atoms. The third kappa shape index (κ3) is 3.95. The number of para-hydroxylation sites is 1. The summed E-state index contributed by atoms with van der Waals surface area (Å²) in [6, 6.07) is 5.83. The first-order valence-electron chi connectivity index (χ1n) is 6.69. The SMILES string of the molecule is CCc1nc(COc2c(Cl)cccc2CC(C)N)cs1.